The molecule has 0 unspecified atom stereocenters. The number of nitrogen functional groups attached to an aromatic ring is 1. The summed E-state index contributed by atoms with van der Waals surface area (Å²) < 4.78 is 40.9. The van der Waals surface area contributed by atoms with Crippen LogP contribution in [-0.2, 0) is 0 Å². The lowest BCUT2D eigenvalue weighted by atomic mass is 10.3. The lowest BCUT2D eigenvalue weighted by Gasteiger charge is -2.10. The summed E-state index contributed by atoms with van der Waals surface area (Å²) in [5.74, 6) is -1.15. The van der Waals surface area contributed by atoms with Crippen molar-refractivity contribution in [3.05, 3.63) is 17.9 Å². The van der Waals surface area contributed by atoms with Crippen LogP contribution in [-0.4, -0.2) is 24.1 Å². The first-order valence-electron chi connectivity index (χ1n) is 4.32. The van der Waals surface area contributed by atoms with E-state index in [4.69, 9.17) is 10.8 Å². The number of anilines is 1. The normalized spacial score (nSPS) is 10.8. The molecule has 0 amide bonds. The van der Waals surface area contributed by atoms with E-state index < -0.39 is 18.2 Å². The van der Waals surface area contributed by atoms with Gasteiger partial charge in [0.05, 0.1) is 6.61 Å². The zero-order chi connectivity index (χ0) is 12.1. The van der Waals surface area contributed by atoms with E-state index in [0.717, 1.165) is 23.9 Å². The average molecular weight is 253 g/mol. The van der Waals surface area contributed by atoms with Gasteiger partial charge in [0.15, 0.2) is 11.6 Å². The van der Waals surface area contributed by atoms with E-state index in [-0.39, 0.29) is 12.3 Å². The molecule has 0 bridgehead atoms. The van der Waals surface area contributed by atoms with Gasteiger partial charge in [-0.2, -0.15) is 8.78 Å². The van der Waals surface area contributed by atoms with Crippen LogP contribution in [0.25, 0.3) is 0 Å². The zero-order valence-corrected chi connectivity index (χ0v) is 8.94. The number of alkyl halides is 2. The number of hydrogen-bond acceptors (Lipinski definition) is 4. The Bertz CT molecular complexity index is 363. The number of nitrogens with two attached hydrogens (primary N) is 1. The maximum atomic E-state index is 13.1. The Labute approximate surface area is 94.4 Å². The van der Waals surface area contributed by atoms with Crippen molar-refractivity contribution >= 4 is 17.4 Å². The third-order valence-electron chi connectivity index (χ3n) is 1.63. The first-order valence-corrected chi connectivity index (χ1v) is 5.30. The molecule has 1 aromatic rings. The van der Waals surface area contributed by atoms with Crippen LogP contribution in [0.1, 0.15) is 0 Å². The maximum absolute atomic E-state index is 13.1. The molecule has 0 aliphatic rings. The van der Waals surface area contributed by atoms with Crippen molar-refractivity contribution in [3.8, 4) is 5.75 Å². The fourth-order valence-corrected chi connectivity index (χ4v) is 1.74. The summed E-state index contributed by atoms with van der Waals surface area (Å²) in [7, 11) is 0. The lowest BCUT2D eigenvalue weighted by molar-refractivity contribution is -0.0523. The Kier molecular flexibility index (Phi) is 4.75. The van der Waals surface area contributed by atoms with Crippen molar-refractivity contribution in [2.45, 2.75) is 11.5 Å². The van der Waals surface area contributed by atoms with Gasteiger partial charge in [0.2, 0.25) is 0 Å². The lowest BCUT2D eigenvalue weighted by Crippen LogP contribution is -2.05. The van der Waals surface area contributed by atoms with Gasteiger partial charge in [-0.3, -0.25) is 0 Å². The number of benzene rings is 1. The van der Waals surface area contributed by atoms with Crippen molar-refractivity contribution in [1.82, 2.24) is 0 Å². The molecule has 0 spiro atoms. The van der Waals surface area contributed by atoms with Gasteiger partial charge in [-0.25, -0.2) is 4.39 Å². The second kappa shape index (κ2) is 5.86. The quantitative estimate of drug-likeness (QED) is 0.623. The van der Waals surface area contributed by atoms with Gasteiger partial charge in [-0.15, -0.1) is 11.8 Å². The van der Waals surface area contributed by atoms with E-state index in [1.54, 1.807) is 0 Å². The van der Waals surface area contributed by atoms with Crippen LogP contribution in [0.2, 0.25) is 0 Å². The molecule has 0 heterocycles. The number of aliphatic hydroxyl groups excluding tert-OH is 1. The Morgan fingerprint density at radius 2 is 2.12 bits per heavy atom. The molecule has 0 aliphatic heterocycles. The predicted octanol–water partition coefficient (Wildman–Crippen LogP) is 2.09. The molecule has 16 heavy (non-hydrogen) atoms. The molecule has 0 atom stereocenters. The van der Waals surface area contributed by atoms with Crippen molar-refractivity contribution < 1.29 is 23.0 Å². The van der Waals surface area contributed by atoms with Gasteiger partial charge >= 0.3 is 6.61 Å². The number of rotatable bonds is 5. The van der Waals surface area contributed by atoms with Crippen molar-refractivity contribution in [1.29, 1.82) is 0 Å². The molecule has 1 aromatic carbocycles. The summed E-state index contributed by atoms with van der Waals surface area (Å²) in [5, 5.41) is 8.60. The first-order chi connectivity index (χ1) is 7.54. The Morgan fingerprint density at radius 3 is 2.69 bits per heavy atom. The minimum atomic E-state index is -3.09. The van der Waals surface area contributed by atoms with E-state index >= 15 is 0 Å². The van der Waals surface area contributed by atoms with Crippen LogP contribution in [0.4, 0.5) is 18.9 Å². The van der Waals surface area contributed by atoms with Gasteiger partial charge in [0, 0.05) is 22.4 Å². The van der Waals surface area contributed by atoms with E-state index in [1.807, 2.05) is 0 Å². The molecule has 90 valence electrons. The van der Waals surface area contributed by atoms with Gasteiger partial charge in [-0.1, -0.05) is 0 Å². The summed E-state index contributed by atoms with van der Waals surface area (Å²) in [4.78, 5) is 0.395. The summed E-state index contributed by atoms with van der Waals surface area (Å²) in [6.07, 6.45) is 0. The number of halogens is 3. The monoisotopic (exact) mass is 253 g/mol. The number of thioether (sulfide) groups is 1. The highest BCUT2D eigenvalue weighted by molar-refractivity contribution is 7.99. The summed E-state index contributed by atoms with van der Waals surface area (Å²) >= 11 is 1.13. The zero-order valence-electron chi connectivity index (χ0n) is 8.12. The standard InChI is InChI=1S/C9H10F3NO2S/c10-5-3-6(13)8(16-2-1-14)4-7(5)15-9(11)12/h3-4,9,14H,1-2,13H2. The molecule has 0 fully saturated rings. The number of ether oxygens (including phenoxy) is 1. The summed E-state index contributed by atoms with van der Waals surface area (Å²) in [5.41, 5.74) is 5.60. The largest absolute Gasteiger partial charge is 0.432 e. The first kappa shape index (κ1) is 13.0. The predicted molar refractivity (Wildman–Crippen MR) is 55.3 cm³/mol. The van der Waals surface area contributed by atoms with Gasteiger partial charge in [-0.05, 0) is 6.07 Å². The number of aliphatic hydroxyl groups is 1. The smallest absolute Gasteiger partial charge is 0.387 e. The van der Waals surface area contributed by atoms with Crippen LogP contribution >= 0.6 is 11.8 Å². The van der Waals surface area contributed by atoms with Crippen LogP contribution in [0.5, 0.6) is 5.75 Å². The molecular weight excluding hydrogens is 243 g/mol. The van der Waals surface area contributed by atoms with Gasteiger partial charge < -0.3 is 15.6 Å². The molecule has 3 nitrogen and oxygen atoms in total. The van der Waals surface area contributed by atoms with Crippen LogP contribution in [0.15, 0.2) is 17.0 Å². The summed E-state index contributed by atoms with van der Waals surface area (Å²) in [6, 6.07) is 2.01. The maximum Gasteiger partial charge on any atom is 0.387 e. The van der Waals surface area contributed by atoms with Crippen LogP contribution < -0.4 is 10.5 Å². The molecule has 3 N–H and O–H groups in total. The van der Waals surface area contributed by atoms with Gasteiger partial charge in [0.1, 0.15) is 0 Å². The van der Waals surface area contributed by atoms with Crippen molar-refractivity contribution in [3.63, 3.8) is 0 Å². The topological polar surface area (TPSA) is 55.5 Å². The summed E-state index contributed by atoms with van der Waals surface area (Å²) in [6.45, 7) is -3.18. The van der Waals surface area contributed by atoms with E-state index in [1.165, 1.54) is 0 Å². The fourth-order valence-electron chi connectivity index (χ4n) is 1.02. The molecule has 7 heteroatoms. The molecule has 0 saturated carbocycles. The van der Waals surface area contributed by atoms with Crippen LogP contribution in [0, 0.1) is 5.82 Å². The van der Waals surface area contributed by atoms with Gasteiger partial charge in [0.25, 0.3) is 0 Å². The minimum absolute atomic E-state index is 0.0908. The molecule has 0 radical (unpaired) electrons. The molecule has 0 aliphatic carbocycles. The average Bonchev–Trinajstić information content (AvgIpc) is 2.20. The minimum Gasteiger partial charge on any atom is -0.432 e. The van der Waals surface area contributed by atoms with E-state index in [9.17, 15) is 13.2 Å². The Balaban J connectivity index is 2.92. The number of hydrogen-bond donors (Lipinski definition) is 2. The highest BCUT2D eigenvalue weighted by atomic mass is 32.2. The highest BCUT2D eigenvalue weighted by Gasteiger charge is 2.13. The van der Waals surface area contributed by atoms with Crippen molar-refractivity contribution in [2.24, 2.45) is 0 Å². The third-order valence-corrected chi connectivity index (χ3v) is 2.68. The van der Waals surface area contributed by atoms with Crippen LogP contribution in [0.3, 0.4) is 0 Å². The SMILES string of the molecule is Nc1cc(F)c(OC(F)F)cc1SCCO. The van der Waals surface area contributed by atoms with Crippen molar-refractivity contribution in [2.75, 3.05) is 18.1 Å². The van der Waals surface area contributed by atoms with E-state index in [0.29, 0.717) is 10.6 Å². The fraction of sp³-hybridized carbons (Fsp3) is 0.333. The molecule has 1 rings (SSSR count). The Hall–Kier alpha value is -1.08. The van der Waals surface area contributed by atoms with E-state index in [2.05, 4.69) is 4.74 Å². The molecular formula is C9H10F3NO2S. The molecule has 0 aromatic heterocycles. The third kappa shape index (κ3) is 3.49. The highest BCUT2D eigenvalue weighted by Crippen LogP contribution is 2.32. The second-order valence-corrected chi connectivity index (χ2v) is 3.91. The molecule has 0 saturated heterocycles. The second-order valence-electron chi connectivity index (χ2n) is 2.77. The Morgan fingerprint density at radius 1 is 1.44 bits per heavy atom.